The van der Waals surface area contributed by atoms with E-state index in [1.807, 2.05) is 13.8 Å². The molecule has 2 unspecified atom stereocenters. The molecule has 3 saturated heterocycles. The van der Waals surface area contributed by atoms with Crippen LogP contribution in [0.15, 0.2) is 48.5 Å². The number of anilines is 2. The molecule has 3 aliphatic heterocycles. The summed E-state index contributed by atoms with van der Waals surface area (Å²) in [6.45, 7) is 4.44. The van der Waals surface area contributed by atoms with E-state index in [1.54, 1.807) is 48.5 Å². The molecule has 0 aliphatic carbocycles. The Bertz CT molecular complexity index is 1240. The molecule has 2 aromatic carbocycles. The average Bonchev–Trinajstić information content (AvgIpc) is 3.53. The number of rotatable bonds is 10. The van der Waals surface area contributed by atoms with E-state index < -0.39 is 29.1 Å². The molecule has 0 saturated carbocycles. The van der Waals surface area contributed by atoms with Crippen molar-refractivity contribution in [3.8, 4) is 5.75 Å². The van der Waals surface area contributed by atoms with Crippen LogP contribution in [0.1, 0.15) is 39.5 Å². The Labute approximate surface area is 232 Å². The molecule has 3 aliphatic rings. The monoisotopic (exact) mass is 555 g/mol. The summed E-state index contributed by atoms with van der Waals surface area (Å²) in [4.78, 5) is 43.1. The lowest BCUT2D eigenvalue weighted by atomic mass is 9.65. The zero-order chi connectivity index (χ0) is 27.8. The summed E-state index contributed by atoms with van der Waals surface area (Å²) in [6, 6.07) is 12.9. The van der Waals surface area contributed by atoms with Crippen LogP contribution >= 0.6 is 11.6 Å². The zero-order valence-electron chi connectivity index (χ0n) is 22.1. The second-order valence-corrected chi connectivity index (χ2v) is 10.8. The van der Waals surface area contributed by atoms with Gasteiger partial charge in [0, 0.05) is 29.5 Å². The van der Waals surface area contributed by atoms with Gasteiger partial charge in [0.15, 0.2) is 0 Å². The number of aliphatic hydroxyl groups excluding tert-OH is 1. The van der Waals surface area contributed by atoms with Gasteiger partial charge in [-0.1, -0.05) is 18.5 Å². The molecule has 5 atom stereocenters. The quantitative estimate of drug-likeness (QED) is 0.410. The molecule has 208 valence electrons. The van der Waals surface area contributed by atoms with E-state index in [2.05, 4.69) is 10.6 Å². The maximum atomic E-state index is 14.0. The van der Waals surface area contributed by atoms with Gasteiger partial charge >= 0.3 is 0 Å². The normalized spacial score (nSPS) is 28.9. The first-order chi connectivity index (χ1) is 18.8. The zero-order valence-corrected chi connectivity index (χ0v) is 22.9. The van der Waals surface area contributed by atoms with E-state index in [9.17, 15) is 19.5 Å². The molecule has 0 aromatic heterocycles. The fourth-order valence-corrected chi connectivity index (χ4v) is 6.79. The Morgan fingerprint density at radius 3 is 2.31 bits per heavy atom. The van der Waals surface area contributed by atoms with Gasteiger partial charge < -0.3 is 30.1 Å². The van der Waals surface area contributed by atoms with Gasteiger partial charge in [0.1, 0.15) is 17.4 Å². The number of nitrogens with zero attached hydrogens (tertiary/aromatic N) is 1. The third-order valence-corrected chi connectivity index (χ3v) is 8.57. The van der Waals surface area contributed by atoms with E-state index in [-0.39, 0.29) is 30.9 Å². The molecular formula is C29H34ClN3O6. The number of aliphatic hydroxyl groups is 1. The highest BCUT2D eigenvalue weighted by molar-refractivity contribution is 6.30. The van der Waals surface area contributed by atoms with Crippen LogP contribution in [-0.2, 0) is 19.1 Å². The van der Waals surface area contributed by atoms with Gasteiger partial charge in [-0.2, -0.15) is 0 Å². The van der Waals surface area contributed by atoms with Crippen molar-refractivity contribution in [2.24, 2.45) is 11.8 Å². The van der Waals surface area contributed by atoms with Crippen molar-refractivity contribution in [3.05, 3.63) is 53.6 Å². The molecule has 39 heavy (non-hydrogen) atoms. The molecule has 9 nitrogen and oxygen atoms in total. The first kappa shape index (κ1) is 27.4. The summed E-state index contributed by atoms with van der Waals surface area (Å²) < 4.78 is 12.2. The van der Waals surface area contributed by atoms with Crippen LogP contribution in [0.5, 0.6) is 5.75 Å². The van der Waals surface area contributed by atoms with Gasteiger partial charge in [0.05, 0.1) is 24.0 Å². The number of carbonyl (C=O) groups excluding carboxylic acids is 3. The van der Waals surface area contributed by atoms with Crippen LogP contribution in [0.3, 0.4) is 0 Å². The second-order valence-electron chi connectivity index (χ2n) is 10.4. The van der Waals surface area contributed by atoms with Gasteiger partial charge in [0.2, 0.25) is 17.7 Å². The van der Waals surface area contributed by atoms with Crippen LogP contribution in [0, 0.1) is 11.8 Å². The molecule has 3 N–H and O–H groups in total. The van der Waals surface area contributed by atoms with Gasteiger partial charge in [0.25, 0.3) is 0 Å². The summed E-state index contributed by atoms with van der Waals surface area (Å²) in [7, 11) is 0. The molecule has 10 heteroatoms. The summed E-state index contributed by atoms with van der Waals surface area (Å²) >= 11 is 6.00. The first-order valence-electron chi connectivity index (χ1n) is 13.5. The predicted molar refractivity (Wildman–Crippen MR) is 147 cm³/mol. The summed E-state index contributed by atoms with van der Waals surface area (Å²) in [5.74, 6) is -1.86. The molecular weight excluding hydrogens is 522 g/mol. The Morgan fingerprint density at radius 1 is 1.05 bits per heavy atom. The van der Waals surface area contributed by atoms with Gasteiger partial charge in [-0.3, -0.25) is 14.4 Å². The Balaban J connectivity index is 1.47. The lowest BCUT2D eigenvalue weighted by Crippen LogP contribution is -2.53. The van der Waals surface area contributed by atoms with E-state index in [0.717, 1.165) is 0 Å². The van der Waals surface area contributed by atoms with Crippen molar-refractivity contribution in [2.75, 3.05) is 30.4 Å². The molecule has 0 radical (unpaired) electrons. The van der Waals surface area contributed by atoms with Crippen LogP contribution in [-0.4, -0.2) is 64.7 Å². The maximum absolute atomic E-state index is 14.0. The second kappa shape index (κ2) is 10.8. The SMILES string of the molecule is CCOc1ccc(NC(=O)[C@H]2[C@H]3C(=O)N(CCCO)C(C(=O)Nc4ccc(Cl)cc4)C34CC[C@]2(CC)O4)cc1. The third kappa shape index (κ3) is 4.66. The molecule has 3 heterocycles. The number of likely N-dealkylation sites (tertiary alicyclic amines) is 1. The number of amides is 3. The highest BCUT2D eigenvalue weighted by Gasteiger charge is 2.78. The van der Waals surface area contributed by atoms with E-state index in [1.165, 1.54) is 4.90 Å². The fourth-order valence-electron chi connectivity index (χ4n) is 6.66. The topological polar surface area (TPSA) is 117 Å². The summed E-state index contributed by atoms with van der Waals surface area (Å²) in [5, 5.41) is 15.9. The van der Waals surface area contributed by atoms with Crippen molar-refractivity contribution < 1.29 is 29.0 Å². The number of hydrogen-bond donors (Lipinski definition) is 3. The molecule has 1 spiro atoms. The maximum Gasteiger partial charge on any atom is 0.250 e. The van der Waals surface area contributed by atoms with E-state index >= 15 is 0 Å². The smallest absolute Gasteiger partial charge is 0.250 e. The number of carbonyl (C=O) groups is 3. The first-order valence-corrected chi connectivity index (χ1v) is 13.9. The van der Waals surface area contributed by atoms with Crippen LogP contribution in [0.2, 0.25) is 5.02 Å². The predicted octanol–water partition coefficient (Wildman–Crippen LogP) is 3.85. The molecule has 3 fully saturated rings. The minimum atomic E-state index is -1.14. The number of halogens is 1. The fraction of sp³-hybridized carbons (Fsp3) is 0.483. The highest BCUT2D eigenvalue weighted by atomic mass is 35.5. The Morgan fingerprint density at radius 2 is 1.69 bits per heavy atom. The van der Waals surface area contributed by atoms with Gasteiger partial charge in [-0.15, -0.1) is 0 Å². The number of nitrogens with one attached hydrogen (secondary N) is 2. The average molecular weight is 556 g/mol. The number of benzene rings is 2. The van der Waals surface area contributed by atoms with Gasteiger partial charge in [-0.25, -0.2) is 0 Å². The van der Waals surface area contributed by atoms with Crippen molar-refractivity contribution >= 4 is 40.7 Å². The number of hydrogen-bond acceptors (Lipinski definition) is 6. The molecule has 5 rings (SSSR count). The minimum Gasteiger partial charge on any atom is -0.494 e. The van der Waals surface area contributed by atoms with Gasteiger partial charge in [-0.05, 0) is 81.1 Å². The van der Waals surface area contributed by atoms with Crippen LogP contribution in [0.4, 0.5) is 11.4 Å². The molecule has 2 bridgehead atoms. The van der Waals surface area contributed by atoms with Crippen molar-refractivity contribution in [2.45, 2.75) is 56.8 Å². The summed E-state index contributed by atoms with van der Waals surface area (Å²) in [6.07, 6.45) is 1.88. The standard InChI is InChI=1S/C29H34ClN3O6/c1-3-28-14-15-29(39-28)23(22(28)25(35)31-20-10-12-21(13-11-20)38-4-2)27(37)33(16-5-17-34)24(29)26(36)32-19-8-6-18(30)7-9-19/h6-13,22-24,34H,3-5,14-17H2,1-2H3,(H,31,35)(H,32,36)/t22-,23+,24?,28+,29?/m1/s1. The Kier molecular flexibility index (Phi) is 7.59. The molecule has 3 amide bonds. The van der Waals surface area contributed by atoms with E-state index in [4.69, 9.17) is 21.1 Å². The van der Waals surface area contributed by atoms with Crippen molar-refractivity contribution in [1.82, 2.24) is 4.90 Å². The summed E-state index contributed by atoms with van der Waals surface area (Å²) in [5.41, 5.74) is -0.857. The third-order valence-electron chi connectivity index (χ3n) is 8.31. The van der Waals surface area contributed by atoms with Crippen LogP contribution in [0.25, 0.3) is 0 Å². The Hall–Kier alpha value is -3.14. The number of fused-ring (bicyclic) bond motifs is 1. The van der Waals surface area contributed by atoms with Crippen molar-refractivity contribution in [1.29, 1.82) is 0 Å². The number of ether oxygens (including phenoxy) is 2. The lowest BCUT2D eigenvalue weighted by Gasteiger charge is -2.34. The molecule has 2 aromatic rings. The van der Waals surface area contributed by atoms with Crippen molar-refractivity contribution in [3.63, 3.8) is 0 Å². The minimum absolute atomic E-state index is 0.131. The largest absolute Gasteiger partial charge is 0.494 e. The lowest BCUT2D eigenvalue weighted by molar-refractivity contribution is -0.144. The van der Waals surface area contributed by atoms with Crippen LogP contribution < -0.4 is 15.4 Å². The van der Waals surface area contributed by atoms with E-state index in [0.29, 0.717) is 54.4 Å². The highest BCUT2D eigenvalue weighted by Crippen LogP contribution is 2.64.